The number of fused-ring (bicyclic) bond motifs is 1. The van der Waals surface area contributed by atoms with E-state index in [1.807, 2.05) is 7.05 Å². The number of hydrogen-bond acceptors (Lipinski definition) is 8. The Balaban J connectivity index is 1.34. The van der Waals surface area contributed by atoms with E-state index in [2.05, 4.69) is 25.3 Å². The van der Waals surface area contributed by atoms with Gasteiger partial charge in [0.05, 0.1) is 36.4 Å². The minimum absolute atomic E-state index is 0.0162. The van der Waals surface area contributed by atoms with E-state index >= 15 is 0 Å². The first-order chi connectivity index (χ1) is 16.3. The zero-order valence-corrected chi connectivity index (χ0v) is 18.4. The molecule has 11 nitrogen and oxygen atoms in total. The van der Waals surface area contributed by atoms with Crippen molar-refractivity contribution in [2.45, 2.75) is 0 Å². The summed E-state index contributed by atoms with van der Waals surface area (Å²) in [6.07, 6.45) is 4.41. The van der Waals surface area contributed by atoms with Gasteiger partial charge in [0.1, 0.15) is 11.3 Å². The number of nitrogen functional groups attached to an aromatic ring is 1. The Morgan fingerprint density at radius 3 is 2.56 bits per heavy atom. The molecule has 0 radical (unpaired) electrons. The van der Waals surface area contributed by atoms with Crippen LogP contribution in [0, 0.1) is 17.6 Å². The van der Waals surface area contributed by atoms with Gasteiger partial charge in [-0.1, -0.05) is 0 Å². The van der Waals surface area contributed by atoms with Crippen LogP contribution in [0.1, 0.15) is 10.4 Å². The largest absolute Gasteiger partial charge is 0.381 e. The molecule has 0 aromatic carbocycles. The summed E-state index contributed by atoms with van der Waals surface area (Å²) in [5, 5.41) is 6.55. The van der Waals surface area contributed by atoms with Crippen molar-refractivity contribution in [1.29, 1.82) is 0 Å². The maximum atomic E-state index is 14.9. The molecule has 3 aromatic heterocycles. The third kappa shape index (κ3) is 3.87. The van der Waals surface area contributed by atoms with Crippen LogP contribution in [0.15, 0.2) is 24.8 Å². The molecule has 0 unspecified atom stereocenters. The number of carbonyl (C=O) groups is 2. The van der Waals surface area contributed by atoms with Crippen LogP contribution in [0.4, 0.5) is 26.0 Å². The smallest absolute Gasteiger partial charge is 0.263 e. The molecule has 5 heterocycles. The number of rotatable bonds is 4. The molecule has 0 atom stereocenters. The van der Waals surface area contributed by atoms with Crippen LogP contribution in [0.3, 0.4) is 0 Å². The molecule has 3 N–H and O–H groups in total. The van der Waals surface area contributed by atoms with Crippen LogP contribution in [-0.4, -0.2) is 87.5 Å². The van der Waals surface area contributed by atoms with Gasteiger partial charge in [0.25, 0.3) is 5.91 Å². The van der Waals surface area contributed by atoms with Crippen LogP contribution in [0.5, 0.6) is 0 Å². The number of anilines is 3. The van der Waals surface area contributed by atoms with Crippen molar-refractivity contribution in [3.8, 4) is 0 Å². The molecule has 2 aliphatic rings. The second-order valence-corrected chi connectivity index (χ2v) is 8.50. The van der Waals surface area contributed by atoms with Crippen molar-refractivity contribution in [1.82, 2.24) is 29.4 Å². The number of amides is 2. The Labute approximate surface area is 193 Å². The second kappa shape index (κ2) is 8.48. The van der Waals surface area contributed by atoms with E-state index in [9.17, 15) is 18.4 Å². The van der Waals surface area contributed by atoms with Gasteiger partial charge in [-0.2, -0.15) is 0 Å². The van der Waals surface area contributed by atoms with E-state index < -0.39 is 17.5 Å². The van der Waals surface area contributed by atoms with Crippen molar-refractivity contribution in [3.05, 3.63) is 42.0 Å². The third-order valence-electron chi connectivity index (χ3n) is 6.14. The highest BCUT2D eigenvalue weighted by Crippen LogP contribution is 2.31. The van der Waals surface area contributed by atoms with Crippen LogP contribution < -0.4 is 16.0 Å². The van der Waals surface area contributed by atoms with Crippen LogP contribution in [0.2, 0.25) is 0 Å². The van der Waals surface area contributed by atoms with E-state index in [1.165, 1.54) is 6.20 Å². The molecule has 178 valence electrons. The van der Waals surface area contributed by atoms with E-state index in [-0.39, 0.29) is 40.2 Å². The fraction of sp³-hybridized carbons (Fsp3) is 0.381. The van der Waals surface area contributed by atoms with Crippen molar-refractivity contribution >= 4 is 34.7 Å². The number of hydrogen-bond donors (Lipinski definition) is 2. The normalized spacial score (nSPS) is 17.1. The Kier molecular flexibility index (Phi) is 5.48. The minimum Gasteiger partial charge on any atom is -0.381 e. The number of likely N-dealkylation sites (tertiary alicyclic amines) is 1. The number of nitrogens with zero attached hydrogens (tertiary/aromatic N) is 7. The van der Waals surface area contributed by atoms with Gasteiger partial charge in [-0.25, -0.2) is 18.3 Å². The van der Waals surface area contributed by atoms with E-state index in [0.29, 0.717) is 26.2 Å². The minimum atomic E-state index is -0.678. The summed E-state index contributed by atoms with van der Waals surface area (Å²) in [5.41, 5.74) is 6.19. The Bertz CT molecular complexity index is 1270. The van der Waals surface area contributed by atoms with Gasteiger partial charge in [-0.05, 0) is 7.05 Å². The molecule has 2 saturated heterocycles. The van der Waals surface area contributed by atoms with E-state index in [4.69, 9.17) is 5.73 Å². The molecule has 2 fully saturated rings. The lowest BCUT2D eigenvalue weighted by Gasteiger charge is -2.42. The van der Waals surface area contributed by atoms with Gasteiger partial charge in [0.15, 0.2) is 23.1 Å². The Hall–Kier alpha value is -3.87. The van der Waals surface area contributed by atoms with Gasteiger partial charge in [-0.15, -0.1) is 5.10 Å². The molecule has 34 heavy (non-hydrogen) atoms. The topological polar surface area (TPSA) is 125 Å². The molecule has 5 rings (SSSR count). The average Bonchev–Trinajstić information content (AvgIpc) is 3.11. The summed E-state index contributed by atoms with van der Waals surface area (Å²) in [6.45, 7) is 3.20. The molecule has 0 saturated carbocycles. The number of pyridine rings is 1. The maximum absolute atomic E-state index is 14.9. The number of halogens is 2. The highest BCUT2D eigenvalue weighted by molar-refractivity contribution is 6.12. The fourth-order valence-electron chi connectivity index (χ4n) is 4.44. The van der Waals surface area contributed by atoms with Gasteiger partial charge in [0.2, 0.25) is 5.91 Å². The summed E-state index contributed by atoms with van der Waals surface area (Å²) in [7, 11) is 1.97. The highest BCUT2D eigenvalue weighted by atomic mass is 19.1. The fourth-order valence-corrected chi connectivity index (χ4v) is 4.44. The van der Waals surface area contributed by atoms with Gasteiger partial charge in [-0.3, -0.25) is 14.6 Å². The summed E-state index contributed by atoms with van der Waals surface area (Å²) >= 11 is 0. The quantitative estimate of drug-likeness (QED) is 0.562. The first-order valence-corrected chi connectivity index (χ1v) is 10.8. The number of piperazine rings is 1. The first-order valence-electron chi connectivity index (χ1n) is 10.8. The molecule has 0 spiro atoms. The molecule has 0 aliphatic carbocycles. The molecule has 0 bridgehead atoms. The van der Waals surface area contributed by atoms with Crippen molar-refractivity contribution < 1.29 is 18.4 Å². The van der Waals surface area contributed by atoms with Crippen molar-refractivity contribution in [2.75, 3.05) is 62.3 Å². The molecular formula is C21H23F2N9O2. The Morgan fingerprint density at radius 1 is 1.12 bits per heavy atom. The number of aromatic nitrogens is 4. The van der Waals surface area contributed by atoms with Crippen molar-refractivity contribution in [3.63, 3.8) is 0 Å². The highest BCUT2D eigenvalue weighted by Gasteiger charge is 2.35. The van der Waals surface area contributed by atoms with E-state index in [0.717, 1.165) is 36.2 Å². The summed E-state index contributed by atoms with van der Waals surface area (Å²) in [5.74, 6) is -1.93. The molecule has 13 heteroatoms. The summed E-state index contributed by atoms with van der Waals surface area (Å²) < 4.78 is 29.4. The molecule has 2 aliphatic heterocycles. The predicted octanol–water partition coefficient (Wildman–Crippen LogP) is 0.447. The van der Waals surface area contributed by atoms with Crippen molar-refractivity contribution in [2.24, 2.45) is 5.92 Å². The standard InChI is InChI=1S/C21H23F2N9O2/c1-29-9-12(10-29)21(34)31-4-2-30(3-5-31)17-14(23)7-25-8-15(17)27-20(33)16-18(24)28-32-11-13(22)6-26-19(16)32/h6-8,11-12H,2-5,9-10H2,1H3,(H2,24,28)(H,27,33). The van der Waals surface area contributed by atoms with Crippen LogP contribution in [0.25, 0.3) is 5.65 Å². The third-order valence-corrected chi connectivity index (χ3v) is 6.14. The summed E-state index contributed by atoms with van der Waals surface area (Å²) in [6, 6.07) is 0. The lowest BCUT2D eigenvalue weighted by atomic mass is 9.99. The van der Waals surface area contributed by atoms with Crippen LogP contribution in [-0.2, 0) is 4.79 Å². The molecular weight excluding hydrogens is 448 g/mol. The SMILES string of the molecule is CN1CC(C(=O)N2CCN(c3c(F)cncc3NC(=O)c3c(N)nn4cc(F)cnc34)CC2)C1. The predicted molar refractivity (Wildman–Crippen MR) is 119 cm³/mol. The van der Waals surface area contributed by atoms with E-state index in [1.54, 1.807) is 9.80 Å². The zero-order valence-electron chi connectivity index (χ0n) is 18.4. The molecule has 2 amide bonds. The van der Waals surface area contributed by atoms with Gasteiger partial charge in [0, 0.05) is 39.3 Å². The summed E-state index contributed by atoms with van der Waals surface area (Å²) in [4.78, 5) is 39.1. The lowest BCUT2D eigenvalue weighted by Crippen LogP contribution is -2.57. The number of nitrogens with one attached hydrogen (secondary N) is 1. The number of nitrogens with two attached hydrogens (primary N) is 1. The van der Waals surface area contributed by atoms with Crippen LogP contribution >= 0.6 is 0 Å². The second-order valence-electron chi connectivity index (χ2n) is 8.50. The number of carbonyl (C=O) groups excluding carboxylic acids is 2. The lowest BCUT2D eigenvalue weighted by molar-refractivity contribution is -0.140. The average molecular weight is 471 g/mol. The zero-order chi connectivity index (χ0) is 24.0. The first kappa shape index (κ1) is 21.9. The Morgan fingerprint density at radius 2 is 1.85 bits per heavy atom. The van der Waals surface area contributed by atoms with Gasteiger partial charge < -0.3 is 25.8 Å². The maximum Gasteiger partial charge on any atom is 0.263 e. The van der Waals surface area contributed by atoms with Gasteiger partial charge >= 0.3 is 0 Å². The molecule has 3 aromatic rings. The monoisotopic (exact) mass is 471 g/mol.